The maximum Gasteiger partial charge on any atom is 0.181 e. The van der Waals surface area contributed by atoms with Gasteiger partial charge in [0.05, 0.1) is 11.6 Å². The Labute approximate surface area is 87.1 Å². The topological polar surface area (TPSA) is 56.8 Å². The third-order valence-electron chi connectivity index (χ3n) is 1.50. The Hall–Kier alpha value is -1.71. The van der Waals surface area contributed by atoms with Gasteiger partial charge in [-0.2, -0.15) is 10.5 Å². The average Bonchev–Trinajstić information content (AvgIpc) is 2.16. The van der Waals surface area contributed by atoms with E-state index in [0.29, 0.717) is 16.3 Å². The monoisotopic (exact) mass is 206 g/mol. The predicted molar refractivity (Wildman–Crippen MR) is 51.9 cm³/mol. The smallest absolute Gasteiger partial charge is 0.181 e. The van der Waals surface area contributed by atoms with Crippen molar-refractivity contribution in [2.75, 3.05) is 0 Å². The van der Waals surface area contributed by atoms with Crippen LogP contribution >= 0.6 is 11.6 Å². The standard InChI is InChI=1S/C10H7ClN2O/c1-7(5-12)14-10-3-8(6-13)2-9(11)4-10/h2-4,7H,1H3. The lowest BCUT2D eigenvalue weighted by Crippen LogP contribution is -2.08. The first kappa shape index (κ1) is 10.4. The molecule has 70 valence electrons. The van der Waals surface area contributed by atoms with Gasteiger partial charge in [-0.05, 0) is 25.1 Å². The van der Waals surface area contributed by atoms with Crippen molar-refractivity contribution < 1.29 is 4.74 Å². The van der Waals surface area contributed by atoms with Crippen LogP contribution in [0.4, 0.5) is 0 Å². The first-order valence-electron chi connectivity index (χ1n) is 3.92. The van der Waals surface area contributed by atoms with Crippen molar-refractivity contribution in [3.8, 4) is 17.9 Å². The lowest BCUT2D eigenvalue weighted by molar-refractivity contribution is 0.276. The summed E-state index contributed by atoms with van der Waals surface area (Å²) in [5.41, 5.74) is 0.414. The van der Waals surface area contributed by atoms with Crippen LogP contribution in [-0.2, 0) is 0 Å². The van der Waals surface area contributed by atoms with Gasteiger partial charge in [-0.3, -0.25) is 0 Å². The second kappa shape index (κ2) is 4.50. The Morgan fingerprint density at radius 3 is 2.64 bits per heavy atom. The molecule has 0 aliphatic rings. The number of benzene rings is 1. The largest absolute Gasteiger partial charge is 0.476 e. The molecule has 0 saturated heterocycles. The van der Waals surface area contributed by atoms with Gasteiger partial charge in [0.2, 0.25) is 0 Å². The van der Waals surface area contributed by atoms with Crippen molar-refractivity contribution in [3.63, 3.8) is 0 Å². The quantitative estimate of drug-likeness (QED) is 0.747. The van der Waals surface area contributed by atoms with E-state index in [4.69, 9.17) is 26.9 Å². The number of ether oxygens (including phenoxy) is 1. The van der Waals surface area contributed by atoms with Crippen molar-refractivity contribution in [2.24, 2.45) is 0 Å². The Morgan fingerprint density at radius 2 is 2.07 bits per heavy atom. The minimum absolute atomic E-state index is 0.414. The Morgan fingerprint density at radius 1 is 1.36 bits per heavy atom. The van der Waals surface area contributed by atoms with Crippen molar-refractivity contribution >= 4 is 11.6 Å². The van der Waals surface area contributed by atoms with E-state index in [1.54, 1.807) is 19.1 Å². The highest BCUT2D eigenvalue weighted by atomic mass is 35.5. The molecule has 0 fully saturated rings. The van der Waals surface area contributed by atoms with Crippen LogP contribution in [0.25, 0.3) is 0 Å². The summed E-state index contributed by atoms with van der Waals surface area (Å²) >= 11 is 5.74. The highest BCUT2D eigenvalue weighted by Crippen LogP contribution is 2.21. The van der Waals surface area contributed by atoms with Gasteiger partial charge in [0.25, 0.3) is 0 Å². The van der Waals surface area contributed by atoms with Crippen LogP contribution in [0.5, 0.6) is 5.75 Å². The van der Waals surface area contributed by atoms with Crippen LogP contribution in [0, 0.1) is 22.7 Å². The van der Waals surface area contributed by atoms with E-state index in [-0.39, 0.29) is 0 Å². The van der Waals surface area contributed by atoms with Crippen LogP contribution in [0.1, 0.15) is 12.5 Å². The number of nitriles is 2. The van der Waals surface area contributed by atoms with Gasteiger partial charge in [0, 0.05) is 5.02 Å². The van der Waals surface area contributed by atoms with Gasteiger partial charge in [-0.15, -0.1) is 0 Å². The molecule has 0 aliphatic heterocycles. The first-order chi connectivity index (χ1) is 6.65. The van der Waals surface area contributed by atoms with Crippen LogP contribution in [-0.4, -0.2) is 6.10 Å². The molecular weight excluding hydrogens is 200 g/mol. The summed E-state index contributed by atoms with van der Waals surface area (Å²) in [6.45, 7) is 1.62. The summed E-state index contributed by atoms with van der Waals surface area (Å²) in [6, 6.07) is 8.51. The summed E-state index contributed by atoms with van der Waals surface area (Å²) in [5.74, 6) is 0.433. The molecule has 3 nitrogen and oxygen atoms in total. The number of hydrogen-bond donors (Lipinski definition) is 0. The third kappa shape index (κ3) is 2.65. The summed E-state index contributed by atoms with van der Waals surface area (Å²) in [4.78, 5) is 0. The lowest BCUT2D eigenvalue weighted by Gasteiger charge is -2.07. The first-order valence-corrected chi connectivity index (χ1v) is 4.30. The fourth-order valence-corrected chi connectivity index (χ4v) is 1.15. The fraction of sp³-hybridized carbons (Fsp3) is 0.200. The van der Waals surface area contributed by atoms with Crippen molar-refractivity contribution in [2.45, 2.75) is 13.0 Å². The van der Waals surface area contributed by atoms with E-state index < -0.39 is 6.10 Å². The maximum absolute atomic E-state index is 8.65. The predicted octanol–water partition coefficient (Wildman–Crippen LogP) is 2.50. The minimum atomic E-state index is -0.556. The van der Waals surface area contributed by atoms with E-state index >= 15 is 0 Å². The zero-order chi connectivity index (χ0) is 10.6. The molecule has 0 radical (unpaired) electrons. The molecule has 1 aromatic carbocycles. The normalized spacial score (nSPS) is 11.1. The van der Waals surface area contributed by atoms with E-state index in [9.17, 15) is 0 Å². The molecule has 14 heavy (non-hydrogen) atoms. The van der Waals surface area contributed by atoms with Crippen molar-refractivity contribution in [3.05, 3.63) is 28.8 Å². The Bertz CT molecular complexity index is 417. The average molecular weight is 207 g/mol. The molecule has 0 saturated carbocycles. The second-order valence-corrected chi connectivity index (χ2v) is 3.11. The minimum Gasteiger partial charge on any atom is -0.476 e. The van der Waals surface area contributed by atoms with E-state index in [0.717, 1.165) is 0 Å². The molecule has 0 aliphatic carbocycles. The van der Waals surface area contributed by atoms with Gasteiger partial charge in [-0.25, -0.2) is 0 Å². The number of hydrogen-bond acceptors (Lipinski definition) is 3. The Kier molecular flexibility index (Phi) is 3.34. The molecule has 0 N–H and O–H groups in total. The van der Waals surface area contributed by atoms with Crippen LogP contribution < -0.4 is 4.74 Å². The van der Waals surface area contributed by atoms with Gasteiger partial charge >= 0.3 is 0 Å². The lowest BCUT2D eigenvalue weighted by atomic mass is 10.2. The van der Waals surface area contributed by atoms with E-state index in [2.05, 4.69) is 0 Å². The highest BCUT2D eigenvalue weighted by Gasteiger charge is 2.04. The highest BCUT2D eigenvalue weighted by molar-refractivity contribution is 6.30. The molecule has 0 spiro atoms. The van der Waals surface area contributed by atoms with Crippen molar-refractivity contribution in [1.29, 1.82) is 10.5 Å². The fourth-order valence-electron chi connectivity index (χ4n) is 0.926. The third-order valence-corrected chi connectivity index (χ3v) is 1.71. The molecule has 1 aromatic rings. The molecule has 1 atom stereocenters. The molecule has 1 rings (SSSR count). The van der Waals surface area contributed by atoms with Crippen LogP contribution in [0.2, 0.25) is 5.02 Å². The zero-order valence-corrected chi connectivity index (χ0v) is 8.25. The SMILES string of the molecule is CC(C#N)Oc1cc(Cl)cc(C#N)c1. The molecule has 0 amide bonds. The zero-order valence-electron chi connectivity index (χ0n) is 7.49. The number of nitrogens with zero attached hydrogens (tertiary/aromatic N) is 2. The molecule has 1 unspecified atom stereocenters. The maximum atomic E-state index is 8.65. The number of halogens is 1. The van der Waals surface area contributed by atoms with Gasteiger partial charge in [-0.1, -0.05) is 11.6 Å². The van der Waals surface area contributed by atoms with Gasteiger partial charge in [0.15, 0.2) is 6.10 Å². The Balaban J connectivity index is 2.95. The van der Waals surface area contributed by atoms with Crippen LogP contribution in [0.3, 0.4) is 0 Å². The van der Waals surface area contributed by atoms with Crippen LogP contribution in [0.15, 0.2) is 18.2 Å². The van der Waals surface area contributed by atoms with Gasteiger partial charge in [0.1, 0.15) is 11.8 Å². The van der Waals surface area contributed by atoms with E-state index in [1.807, 2.05) is 12.1 Å². The molecule has 0 bridgehead atoms. The summed E-state index contributed by atoms with van der Waals surface area (Å²) in [5, 5.41) is 17.6. The van der Waals surface area contributed by atoms with Crippen molar-refractivity contribution in [1.82, 2.24) is 0 Å². The molecular formula is C10H7ClN2O. The molecule has 4 heteroatoms. The second-order valence-electron chi connectivity index (χ2n) is 2.68. The molecule has 0 heterocycles. The van der Waals surface area contributed by atoms with E-state index in [1.165, 1.54) is 6.07 Å². The summed E-state index contributed by atoms with van der Waals surface area (Å²) in [6.07, 6.45) is -0.556. The summed E-state index contributed by atoms with van der Waals surface area (Å²) < 4.78 is 5.19. The number of rotatable bonds is 2. The summed E-state index contributed by atoms with van der Waals surface area (Å²) in [7, 11) is 0. The van der Waals surface area contributed by atoms with Gasteiger partial charge < -0.3 is 4.74 Å². The molecule has 0 aromatic heterocycles.